The first-order valence-corrected chi connectivity index (χ1v) is 9.30. The molecule has 0 saturated heterocycles. The van der Waals surface area contributed by atoms with Crippen molar-refractivity contribution in [2.45, 2.75) is 57.2 Å². The molecule has 2 saturated carbocycles. The quantitative estimate of drug-likeness (QED) is 0.685. The van der Waals surface area contributed by atoms with Crippen molar-refractivity contribution in [1.29, 1.82) is 0 Å². The maximum absolute atomic E-state index is 12.8. The molecule has 0 aliphatic heterocycles. The molecule has 2 aliphatic carbocycles. The largest absolute Gasteiger partial charge is 0.391 e. The zero-order valence-electron chi connectivity index (χ0n) is 13.2. The van der Waals surface area contributed by atoms with Crippen molar-refractivity contribution in [1.82, 2.24) is 14.8 Å². The Labute approximate surface area is 146 Å². The highest BCUT2D eigenvalue weighted by atomic mass is 79.9. The Kier molecular flexibility index (Phi) is 4.09. The van der Waals surface area contributed by atoms with Crippen LogP contribution in [0.15, 0.2) is 16.7 Å². The summed E-state index contributed by atoms with van der Waals surface area (Å²) in [5.74, 6) is -0.333. The number of fused-ring (bicyclic) bond motifs is 1. The summed E-state index contributed by atoms with van der Waals surface area (Å²) in [5.41, 5.74) is 3.00. The van der Waals surface area contributed by atoms with Crippen LogP contribution in [0.1, 0.15) is 50.1 Å². The van der Waals surface area contributed by atoms with Gasteiger partial charge in [-0.15, -0.1) is 0 Å². The number of alkyl halides is 3. The number of pyridine rings is 1. The predicted octanol–water partition coefficient (Wildman–Crippen LogP) is 5.44. The van der Waals surface area contributed by atoms with Crippen LogP contribution in [0.3, 0.4) is 0 Å². The van der Waals surface area contributed by atoms with E-state index in [1.54, 1.807) is 6.20 Å². The third kappa shape index (κ3) is 3.19. The van der Waals surface area contributed by atoms with E-state index in [0.717, 1.165) is 28.3 Å². The second kappa shape index (κ2) is 6.00. The van der Waals surface area contributed by atoms with E-state index in [1.165, 1.54) is 5.69 Å². The van der Waals surface area contributed by atoms with Gasteiger partial charge in [0.1, 0.15) is 11.0 Å². The molecule has 3 nitrogen and oxygen atoms in total. The maximum Gasteiger partial charge on any atom is 0.391 e. The van der Waals surface area contributed by atoms with E-state index in [9.17, 15) is 13.2 Å². The fourth-order valence-electron chi connectivity index (χ4n) is 3.83. The van der Waals surface area contributed by atoms with Crippen LogP contribution in [-0.2, 0) is 6.54 Å². The van der Waals surface area contributed by atoms with E-state index < -0.39 is 12.1 Å². The predicted molar refractivity (Wildman–Crippen MR) is 88.7 cm³/mol. The minimum Gasteiger partial charge on any atom is -0.266 e. The van der Waals surface area contributed by atoms with E-state index in [-0.39, 0.29) is 18.8 Å². The summed E-state index contributed by atoms with van der Waals surface area (Å²) in [7, 11) is 0. The Morgan fingerprint density at radius 3 is 2.46 bits per heavy atom. The minimum absolute atomic E-state index is 0.248. The van der Waals surface area contributed by atoms with E-state index in [1.807, 2.05) is 10.7 Å². The average Bonchev–Trinajstić information content (AvgIpc) is 3.29. The molecule has 2 aromatic rings. The van der Waals surface area contributed by atoms with E-state index in [4.69, 9.17) is 5.10 Å². The molecule has 2 aromatic heterocycles. The summed E-state index contributed by atoms with van der Waals surface area (Å²) >= 11 is 3.42. The van der Waals surface area contributed by atoms with Gasteiger partial charge in [0, 0.05) is 23.1 Å². The molecule has 7 heteroatoms. The summed E-state index contributed by atoms with van der Waals surface area (Å²) in [6.07, 6.45) is 1.80. The van der Waals surface area contributed by atoms with Crippen LogP contribution in [0.5, 0.6) is 0 Å². The molecule has 4 rings (SSSR count). The highest BCUT2D eigenvalue weighted by Gasteiger charge is 2.41. The van der Waals surface area contributed by atoms with Gasteiger partial charge >= 0.3 is 6.18 Å². The first-order chi connectivity index (χ1) is 11.4. The number of halogens is 4. The Hall–Kier alpha value is -1.11. The molecule has 0 radical (unpaired) electrons. The normalized spacial score (nSPS) is 25.3. The van der Waals surface area contributed by atoms with Gasteiger partial charge in [0.2, 0.25) is 0 Å². The lowest BCUT2D eigenvalue weighted by Gasteiger charge is -2.30. The molecule has 0 atom stereocenters. The first-order valence-electron chi connectivity index (χ1n) is 8.50. The maximum atomic E-state index is 12.8. The van der Waals surface area contributed by atoms with E-state index in [0.29, 0.717) is 25.3 Å². The monoisotopic (exact) mass is 401 g/mol. The van der Waals surface area contributed by atoms with Crippen LogP contribution in [-0.4, -0.2) is 20.9 Å². The fraction of sp³-hybridized carbons (Fsp3) is 0.647. The lowest BCUT2D eigenvalue weighted by Crippen LogP contribution is -2.29. The number of hydrogen-bond donors (Lipinski definition) is 0. The minimum atomic E-state index is -4.04. The second-order valence-corrected chi connectivity index (χ2v) is 8.04. The Balaban J connectivity index is 1.54. The number of nitrogens with zero attached hydrogens (tertiary/aromatic N) is 3. The summed E-state index contributed by atoms with van der Waals surface area (Å²) in [6.45, 7) is 0.713. The molecule has 2 heterocycles. The molecule has 0 aromatic carbocycles. The first kappa shape index (κ1) is 16.4. The van der Waals surface area contributed by atoms with Crippen molar-refractivity contribution in [2.24, 2.45) is 11.8 Å². The molecular formula is C17H19BrF3N3. The van der Waals surface area contributed by atoms with Crippen LogP contribution in [0, 0.1) is 11.8 Å². The van der Waals surface area contributed by atoms with Crippen LogP contribution in [0.2, 0.25) is 0 Å². The van der Waals surface area contributed by atoms with Crippen LogP contribution >= 0.6 is 15.9 Å². The highest BCUT2D eigenvalue weighted by Crippen LogP contribution is 2.44. The molecule has 24 heavy (non-hydrogen) atoms. The number of hydrogen-bond acceptors (Lipinski definition) is 2. The van der Waals surface area contributed by atoms with E-state index in [2.05, 4.69) is 20.9 Å². The van der Waals surface area contributed by atoms with Gasteiger partial charge in [-0.3, -0.25) is 9.67 Å². The third-order valence-electron chi connectivity index (χ3n) is 5.29. The molecule has 0 unspecified atom stereocenters. The van der Waals surface area contributed by atoms with Gasteiger partial charge in [0.15, 0.2) is 0 Å². The smallest absolute Gasteiger partial charge is 0.266 e. The zero-order chi connectivity index (χ0) is 16.9. The average molecular weight is 402 g/mol. The van der Waals surface area contributed by atoms with Gasteiger partial charge in [-0.25, -0.2) is 0 Å². The van der Waals surface area contributed by atoms with Gasteiger partial charge in [-0.2, -0.15) is 18.3 Å². The van der Waals surface area contributed by atoms with Crippen molar-refractivity contribution >= 4 is 27.0 Å². The zero-order valence-corrected chi connectivity index (χ0v) is 14.8. The van der Waals surface area contributed by atoms with Gasteiger partial charge < -0.3 is 0 Å². The Bertz CT molecular complexity index is 743. The highest BCUT2D eigenvalue weighted by molar-refractivity contribution is 9.10. The summed E-state index contributed by atoms with van der Waals surface area (Å²) in [5, 5.41) is 4.70. The molecule has 0 N–H and O–H groups in total. The van der Waals surface area contributed by atoms with Crippen molar-refractivity contribution in [3.05, 3.63) is 22.4 Å². The number of rotatable bonds is 3. The van der Waals surface area contributed by atoms with Gasteiger partial charge in [0.25, 0.3) is 0 Å². The third-order valence-corrected chi connectivity index (χ3v) is 5.72. The van der Waals surface area contributed by atoms with Crippen molar-refractivity contribution < 1.29 is 13.2 Å². The molecule has 0 amide bonds. The summed E-state index contributed by atoms with van der Waals surface area (Å²) in [4.78, 5) is 4.52. The summed E-state index contributed by atoms with van der Waals surface area (Å²) in [6, 6.07) is 1.96. The standard InChI is InChI=1S/C17H19BrF3N3/c18-13-7-14-15(22-8-13)16(11-3-4-11)24(23-14)9-10-1-5-12(6-2-10)17(19,20)21/h7-8,10-12H,1-6,9H2. The molecule has 0 bridgehead atoms. The molecule has 2 aliphatic rings. The lowest BCUT2D eigenvalue weighted by molar-refractivity contribution is -0.184. The van der Waals surface area contributed by atoms with Gasteiger partial charge in [-0.1, -0.05) is 0 Å². The Morgan fingerprint density at radius 1 is 1.12 bits per heavy atom. The van der Waals surface area contributed by atoms with E-state index >= 15 is 0 Å². The van der Waals surface area contributed by atoms with Gasteiger partial charge in [0.05, 0.1) is 11.6 Å². The van der Waals surface area contributed by atoms with Gasteiger partial charge in [-0.05, 0) is 66.4 Å². The van der Waals surface area contributed by atoms with Crippen molar-refractivity contribution in [3.8, 4) is 0 Å². The molecule has 0 spiro atoms. The second-order valence-electron chi connectivity index (χ2n) is 7.12. The van der Waals surface area contributed by atoms with Crippen molar-refractivity contribution in [3.63, 3.8) is 0 Å². The van der Waals surface area contributed by atoms with Crippen LogP contribution in [0.25, 0.3) is 11.0 Å². The molecule has 130 valence electrons. The summed E-state index contributed by atoms with van der Waals surface area (Å²) < 4.78 is 41.4. The topological polar surface area (TPSA) is 30.7 Å². The molecular weight excluding hydrogens is 383 g/mol. The Morgan fingerprint density at radius 2 is 1.83 bits per heavy atom. The van der Waals surface area contributed by atoms with Crippen molar-refractivity contribution in [2.75, 3.05) is 0 Å². The fourth-order valence-corrected chi connectivity index (χ4v) is 4.14. The number of aromatic nitrogens is 3. The van der Waals surface area contributed by atoms with Crippen LogP contribution in [0.4, 0.5) is 13.2 Å². The molecule has 2 fully saturated rings. The van der Waals surface area contributed by atoms with Crippen LogP contribution < -0.4 is 0 Å². The lowest BCUT2D eigenvalue weighted by atomic mass is 9.81. The SMILES string of the molecule is FC(F)(F)C1CCC(Cn2nc3cc(Br)cnc3c2C2CC2)CC1.